The van der Waals surface area contributed by atoms with Crippen molar-refractivity contribution in [2.45, 2.75) is 13.3 Å². The van der Waals surface area contributed by atoms with E-state index in [-0.39, 0.29) is 5.69 Å². The number of anilines is 1. The van der Waals surface area contributed by atoms with Gasteiger partial charge in [-0.2, -0.15) is 0 Å². The maximum atomic E-state index is 10.3. The van der Waals surface area contributed by atoms with Crippen LogP contribution in [0.3, 0.4) is 0 Å². The minimum absolute atomic E-state index is 0.0651. The lowest BCUT2D eigenvalue weighted by atomic mass is 10.2. The molecule has 0 aliphatic carbocycles. The Labute approximate surface area is 69.4 Å². The van der Waals surface area contributed by atoms with Crippen molar-refractivity contribution in [1.29, 1.82) is 0 Å². The van der Waals surface area contributed by atoms with Crippen LogP contribution in [0.25, 0.3) is 0 Å². The highest BCUT2D eigenvalue weighted by Gasteiger charge is 2.08. The molecule has 0 aromatic carbocycles. The topological polar surface area (TPSA) is 82.0 Å². The Morgan fingerprint density at radius 3 is 2.83 bits per heavy atom. The van der Waals surface area contributed by atoms with Crippen LogP contribution in [-0.4, -0.2) is 9.91 Å². The highest BCUT2D eigenvalue weighted by molar-refractivity contribution is 5.49. The number of nitro groups is 1. The largest absolute Gasteiger partial charge is 0.397 e. The van der Waals surface area contributed by atoms with Crippen LogP contribution in [0.2, 0.25) is 0 Å². The summed E-state index contributed by atoms with van der Waals surface area (Å²) in [6.45, 7) is 1.89. The molecule has 0 unspecified atom stereocenters. The first-order valence-corrected chi connectivity index (χ1v) is 3.54. The number of pyridine rings is 1. The summed E-state index contributed by atoms with van der Waals surface area (Å²) in [5.41, 5.74) is 6.51. The van der Waals surface area contributed by atoms with E-state index in [1.807, 2.05) is 6.92 Å². The van der Waals surface area contributed by atoms with Crippen molar-refractivity contribution in [3.63, 3.8) is 0 Å². The van der Waals surface area contributed by atoms with E-state index in [1.54, 1.807) is 0 Å². The van der Waals surface area contributed by atoms with E-state index in [1.165, 1.54) is 12.3 Å². The van der Waals surface area contributed by atoms with Crippen LogP contribution in [0.1, 0.15) is 12.6 Å². The van der Waals surface area contributed by atoms with Gasteiger partial charge in [0.05, 0.1) is 16.3 Å². The summed E-state index contributed by atoms with van der Waals surface area (Å²) in [6.07, 6.45) is 1.90. The first-order chi connectivity index (χ1) is 5.65. The molecule has 2 N–H and O–H groups in total. The molecule has 1 aromatic heterocycles. The van der Waals surface area contributed by atoms with Crippen LogP contribution < -0.4 is 5.73 Å². The average Bonchev–Trinajstić information content (AvgIpc) is 2.04. The van der Waals surface area contributed by atoms with Gasteiger partial charge in [-0.1, -0.05) is 6.92 Å². The number of nitrogens with zero attached hydrogens (tertiary/aromatic N) is 2. The summed E-state index contributed by atoms with van der Waals surface area (Å²) in [5, 5.41) is 10.3. The fourth-order valence-electron chi connectivity index (χ4n) is 0.894. The summed E-state index contributed by atoms with van der Waals surface area (Å²) < 4.78 is 0. The molecular formula is C7H9N3O2. The van der Waals surface area contributed by atoms with Crippen LogP contribution in [0.15, 0.2) is 12.3 Å². The first-order valence-electron chi connectivity index (χ1n) is 3.54. The third-order valence-corrected chi connectivity index (χ3v) is 1.53. The SMILES string of the molecule is CCc1ncc([N+](=O)[O-])cc1N. The second-order valence-corrected chi connectivity index (χ2v) is 2.34. The quantitative estimate of drug-likeness (QED) is 0.528. The van der Waals surface area contributed by atoms with Crippen molar-refractivity contribution in [3.05, 3.63) is 28.1 Å². The molecule has 0 radical (unpaired) electrons. The van der Waals surface area contributed by atoms with Gasteiger partial charge in [0.1, 0.15) is 6.20 Å². The average molecular weight is 167 g/mol. The molecule has 0 saturated heterocycles. The van der Waals surface area contributed by atoms with Gasteiger partial charge in [-0.15, -0.1) is 0 Å². The Morgan fingerprint density at radius 1 is 1.75 bits per heavy atom. The highest BCUT2D eigenvalue weighted by atomic mass is 16.6. The Kier molecular flexibility index (Phi) is 2.23. The summed E-state index contributed by atoms with van der Waals surface area (Å²) in [6, 6.07) is 1.33. The lowest BCUT2D eigenvalue weighted by molar-refractivity contribution is -0.385. The van der Waals surface area contributed by atoms with Gasteiger partial charge in [0.25, 0.3) is 5.69 Å². The van der Waals surface area contributed by atoms with Crippen LogP contribution in [0, 0.1) is 10.1 Å². The van der Waals surface area contributed by atoms with Crippen molar-refractivity contribution in [2.24, 2.45) is 0 Å². The fraction of sp³-hybridized carbons (Fsp3) is 0.286. The second kappa shape index (κ2) is 3.17. The fourth-order valence-corrected chi connectivity index (χ4v) is 0.894. The maximum Gasteiger partial charge on any atom is 0.289 e. The van der Waals surface area contributed by atoms with E-state index in [0.717, 1.165) is 0 Å². The molecule has 0 fully saturated rings. The lowest BCUT2D eigenvalue weighted by Crippen LogP contribution is -1.98. The van der Waals surface area contributed by atoms with Gasteiger partial charge in [-0.3, -0.25) is 15.1 Å². The molecule has 5 nitrogen and oxygen atoms in total. The number of aromatic nitrogens is 1. The molecule has 0 saturated carbocycles. The zero-order chi connectivity index (χ0) is 9.14. The Balaban J connectivity index is 3.10. The summed E-state index contributed by atoms with van der Waals surface area (Å²) >= 11 is 0. The Hall–Kier alpha value is -1.65. The van der Waals surface area contributed by atoms with Gasteiger partial charge in [0.15, 0.2) is 0 Å². The van der Waals surface area contributed by atoms with Gasteiger partial charge < -0.3 is 5.73 Å². The van der Waals surface area contributed by atoms with E-state index in [0.29, 0.717) is 17.8 Å². The van der Waals surface area contributed by atoms with Gasteiger partial charge >= 0.3 is 0 Å². The second-order valence-electron chi connectivity index (χ2n) is 2.34. The van der Waals surface area contributed by atoms with Crippen molar-refractivity contribution in [1.82, 2.24) is 4.98 Å². The molecular weight excluding hydrogens is 158 g/mol. The predicted molar refractivity (Wildman–Crippen MR) is 44.7 cm³/mol. The molecule has 0 aliphatic heterocycles. The van der Waals surface area contributed by atoms with Gasteiger partial charge in [-0.05, 0) is 6.42 Å². The molecule has 64 valence electrons. The molecule has 5 heteroatoms. The number of hydrogen-bond donors (Lipinski definition) is 1. The predicted octanol–water partition coefficient (Wildman–Crippen LogP) is 1.13. The third kappa shape index (κ3) is 1.50. The minimum atomic E-state index is -0.511. The molecule has 1 heterocycles. The van der Waals surface area contributed by atoms with Gasteiger partial charge in [-0.25, -0.2) is 0 Å². The molecule has 0 amide bonds. The maximum absolute atomic E-state index is 10.3. The zero-order valence-corrected chi connectivity index (χ0v) is 6.65. The molecule has 0 atom stereocenters. The van der Waals surface area contributed by atoms with E-state index in [9.17, 15) is 10.1 Å². The van der Waals surface area contributed by atoms with E-state index >= 15 is 0 Å². The summed E-state index contributed by atoms with van der Waals surface area (Å²) in [7, 11) is 0. The van der Waals surface area contributed by atoms with Crippen LogP contribution in [-0.2, 0) is 6.42 Å². The Morgan fingerprint density at radius 2 is 2.42 bits per heavy atom. The molecule has 0 spiro atoms. The van der Waals surface area contributed by atoms with Crippen molar-refractivity contribution in [2.75, 3.05) is 5.73 Å². The number of aryl methyl sites for hydroxylation is 1. The van der Waals surface area contributed by atoms with Crippen LogP contribution >= 0.6 is 0 Å². The number of nitrogen functional groups attached to an aromatic ring is 1. The van der Waals surface area contributed by atoms with Gasteiger partial charge in [0, 0.05) is 6.07 Å². The zero-order valence-electron chi connectivity index (χ0n) is 6.65. The molecule has 1 rings (SSSR count). The van der Waals surface area contributed by atoms with Crippen LogP contribution in [0.4, 0.5) is 11.4 Å². The van der Waals surface area contributed by atoms with Crippen molar-refractivity contribution >= 4 is 11.4 Å². The van der Waals surface area contributed by atoms with E-state index in [4.69, 9.17) is 5.73 Å². The van der Waals surface area contributed by atoms with Gasteiger partial charge in [0.2, 0.25) is 0 Å². The molecule has 1 aromatic rings. The van der Waals surface area contributed by atoms with Crippen molar-refractivity contribution < 1.29 is 4.92 Å². The molecule has 0 bridgehead atoms. The Bertz CT molecular complexity index is 312. The van der Waals surface area contributed by atoms with Crippen LogP contribution in [0.5, 0.6) is 0 Å². The lowest BCUT2D eigenvalue weighted by Gasteiger charge is -1.99. The molecule has 0 aliphatic rings. The summed E-state index contributed by atoms with van der Waals surface area (Å²) in [5.74, 6) is 0. The number of hydrogen-bond acceptors (Lipinski definition) is 4. The molecule has 12 heavy (non-hydrogen) atoms. The van der Waals surface area contributed by atoms with E-state index in [2.05, 4.69) is 4.98 Å². The van der Waals surface area contributed by atoms with E-state index < -0.39 is 4.92 Å². The monoisotopic (exact) mass is 167 g/mol. The first kappa shape index (κ1) is 8.45. The summed E-state index contributed by atoms with van der Waals surface area (Å²) in [4.78, 5) is 13.6. The highest BCUT2D eigenvalue weighted by Crippen LogP contribution is 2.16. The normalized spacial score (nSPS) is 9.75. The minimum Gasteiger partial charge on any atom is -0.397 e. The smallest absolute Gasteiger partial charge is 0.289 e. The standard InChI is InChI=1S/C7H9N3O2/c1-2-7-6(8)3-5(4-9-7)10(11)12/h3-4H,2,8H2,1H3. The van der Waals surface area contributed by atoms with Crippen molar-refractivity contribution in [3.8, 4) is 0 Å². The number of rotatable bonds is 2. The number of nitrogens with two attached hydrogens (primary N) is 1. The third-order valence-electron chi connectivity index (χ3n) is 1.53.